The van der Waals surface area contributed by atoms with Crippen LogP contribution in [-0.2, 0) is 22.5 Å². The fourth-order valence-electron chi connectivity index (χ4n) is 2.56. The molecule has 0 unspecified atom stereocenters. The van der Waals surface area contributed by atoms with Crippen molar-refractivity contribution >= 4 is 34.0 Å². The predicted octanol–water partition coefficient (Wildman–Crippen LogP) is 0.336. The van der Waals surface area contributed by atoms with Gasteiger partial charge in [-0.3, -0.25) is 14.5 Å². The van der Waals surface area contributed by atoms with Gasteiger partial charge in [0.1, 0.15) is 0 Å². The Hall–Kier alpha value is -1.49. The monoisotopic (exact) mass is 383 g/mol. The molecule has 0 bridgehead atoms. The van der Waals surface area contributed by atoms with Crippen LogP contribution >= 0.6 is 23.1 Å². The maximum atomic E-state index is 12.8. The second kappa shape index (κ2) is 7.81. The molecule has 0 saturated heterocycles. The van der Waals surface area contributed by atoms with Crippen LogP contribution in [0.15, 0.2) is 9.13 Å². The lowest BCUT2D eigenvalue weighted by Crippen LogP contribution is -2.38. The number of hydrogen-bond donors (Lipinski definition) is 0. The highest BCUT2D eigenvalue weighted by Crippen LogP contribution is 2.25. The average Bonchev–Trinajstić information content (AvgIpc) is 3.01. The SMILES string of the molecule is COCCN1CCc2nc3sc(SCC(=O)N(C)C)nn3c(=O)c2C1. The summed E-state index contributed by atoms with van der Waals surface area (Å²) in [7, 11) is 5.11. The number of methoxy groups -OCH3 is 1. The first-order valence-corrected chi connectivity index (χ1v) is 9.75. The highest BCUT2D eigenvalue weighted by atomic mass is 32.2. The Labute approximate surface area is 153 Å². The van der Waals surface area contributed by atoms with Gasteiger partial charge in [-0.05, 0) is 0 Å². The molecular formula is C15H21N5O3S2. The summed E-state index contributed by atoms with van der Waals surface area (Å²) in [5.41, 5.74) is 1.47. The molecule has 1 aliphatic rings. The van der Waals surface area contributed by atoms with Gasteiger partial charge in [0, 0.05) is 47.3 Å². The minimum Gasteiger partial charge on any atom is -0.383 e. The van der Waals surface area contributed by atoms with Crippen LogP contribution in [0, 0.1) is 0 Å². The molecule has 3 heterocycles. The highest BCUT2D eigenvalue weighted by molar-refractivity contribution is 8.01. The van der Waals surface area contributed by atoms with Crippen molar-refractivity contribution in [2.75, 3.05) is 46.7 Å². The molecule has 0 fully saturated rings. The lowest BCUT2D eigenvalue weighted by Gasteiger charge is -2.26. The van der Waals surface area contributed by atoms with Crippen molar-refractivity contribution in [2.24, 2.45) is 0 Å². The van der Waals surface area contributed by atoms with E-state index in [9.17, 15) is 9.59 Å². The number of rotatable bonds is 6. The van der Waals surface area contributed by atoms with Gasteiger partial charge in [-0.2, -0.15) is 4.52 Å². The molecule has 2 aromatic rings. The van der Waals surface area contributed by atoms with Crippen molar-refractivity contribution in [1.29, 1.82) is 0 Å². The Morgan fingerprint density at radius 2 is 2.24 bits per heavy atom. The standard InChI is InChI=1S/C15H21N5O3S2/c1-18(2)12(21)9-24-15-17-20-13(22)10-8-19(6-7-23-3)5-4-11(10)16-14(20)25-15/h4-9H2,1-3H3. The van der Waals surface area contributed by atoms with E-state index in [0.29, 0.717) is 33.8 Å². The van der Waals surface area contributed by atoms with Crippen LogP contribution in [0.5, 0.6) is 0 Å². The van der Waals surface area contributed by atoms with Crippen LogP contribution in [0.4, 0.5) is 0 Å². The lowest BCUT2D eigenvalue weighted by atomic mass is 10.1. The molecule has 0 atom stereocenters. The smallest absolute Gasteiger partial charge is 0.279 e. The summed E-state index contributed by atoms with van der Waals surface area (Å²) in [5, 5.41) is 4.35. The third-order valence-electron chi connectivity index (χ3n) is 4.05. The third kappa shape index (κ3) is 4.02. The number of nitrogens with zero attached hydrogens (tertiary/aromatic N) is 5. The zero-order valence-electron chi connectivity index (χ0n) is 14.5. The van der Waals surface area contributed by atoms with Gasteiger partial charge in [0.15, 0.2) is 4.34 Å². The predicted molar refractivity (Wildman–Crippen MR) is 97.4 cm³/mol. The average molecular weight is 383 g/mol. The van der Waals surface area contributed by atoms with Gasteiger partial charge < -0.3 is 9.64 Å². The largest absolute Gasteiger partial charge is 0.383 e. The first-order chi connectivity index (χ1) is 12.0. The molecule has 0 aliphatic carbocycles. The summed E-state index contributed by atoms with van der Waals surface area (Å²) < 4.78 is 7.16. The van der Waals surface area contributed by atoms with E-state index in [1.807, 2.05) is 0 Å². The van der Waals surface area contributed by atoms with Crippen molar-refractivity contribution in [2.45, 2.75) is 17.3 Å². The molecule has 8 nitrogen and oxygen atoms in total. The van der Waals surface area contributed by atoms with Gasteiger partial charge in [0.05, 0.1) is 23.6 Å². The molecule has 1 aliphatic heterocycles. The number of aromatic nitrogens is 3. The molecule has 0 N–H and O–H groups in total. The number of ether oxygens (including phenoxy) is 1. The fourth-order valence-corrected chi connectivity index (χ4v) is 4.48. The van der Waals surface area contributed by atoms with Gasteiger partial charge in [0.2, 0.25) is 10.9 Å². The maximum Gasteiger partial charge on any atom is 0.279 e. The molecule has 0 aromatic carbocycles. The topological polar surface area (TPSA) is 80.0 Å². The minimum absolute atomic E-state index is 0.0117. The first-order valence-electron chi connectivity index (χ1n) is 7.95. The third-order valence-corrected chi connectivity index (χ3v) is 6.07. The Bertz CT molecular complexity index is 832. The van der Waals surface area contributed by atoms with E-state index < -0.39 is 0 Å². The van der Waals surface area contributed by atoms with Gasteiger partial charge >= 0.3 is 0 Å². The molecule has 0 saturated carbocycles. The molecule has 0 spiro atoms. The van der Waals surface area contributed by atoms with Crippen molar-refractivity contribution in [3.05, 3.63) is 21.6 Å². The molecule has 2 aromatic heterocycles. The van der Waals surface area contributed by atoms with E-state index in [0.717, 1.165) is 25.2 Å². The van der Waals surface area contributed by atoms with E-state index in [4.69, 9.17) is 4.74 Å². The van der Waals surface area contributed by atoms with E-state index >= 15 is 0 Å². The number of fused-ring (bicyclic) bond motifs is 2. The Morgan fingerprint density at radius 1 is 1.44 bits per heavy atom. The lowest BCUT2D eigenvalue weighted by molar-refractivity contribution is -0.125. The van der Waals surface area contributed by atoms with Crippen molar-refractivity contribution < 1.29 is 9.53 Å². The maximum absolute atomic E-state index is 12.8. The molecule has 25 heavy (non-hydrogen) atoms. The van der Waals surface area contributed by atoms with Crippen LogP contribution in [0.1, 0.15) is 11.3 Å². The second-order valence-corrected chi connectivity index (χ2v) is 8.18. The summed E-state index contributed by atoms with van der Waals surface area (Å²) in [6.07, 6.45) is 0.754. The number of hydrogen-bond acceptors (Lipinski definition) is 8. The van der Waals surface area contributed by atoms with Gasteiger partial charge in [0.25, 0.3) is 5.56 Å². The number of amides is 1. The van der Waals surface area contributed by atoms with Crippen LogP contribution in [0.2, 0.25) is 0 Å². The Kier molecular flexibility index (Phi) is 5.72. The zero-order valence-corrected chi connectivity index (χ0v) is 16.2. The van der Waals surface area contributed by atoms with Crippen LogP contribution in [0.25, 0.3) is 4.96 Å². The Morgan fingerprint density at radius 3 is 2.96 bits per heavy atom. The first kappa shape index (κ1) is 18.3. The summed E-state index contributed by atoms with van der Waals surface area (Å²) in [6, 6.07) is 0. The number of carbonyl (C=O) groups is 1. The van der Waals surface area contributed by atoms with Crippen molar-refractivity contribution in [3.8, 4) is 0 Å². The fraction of sp³-hybridized carbons (Fsp3) is 0.600. The summed E-state index contributed by atoms with van der Waals surface area (Å²) >= 11 is 2.69. The molecule has 0 radical (unpaired) electrons. The molecular weight excluding hydrogens is 362 g/mol. The molecule has 3 rings (SSSR count). The van der Waals surface area contributed by atoms with Crippen molar-refractivity contribution in [1.82, 2.24) is 24.4 Å². The normalized spacial score (nSPS) is 14.7. The zero-order chi connectivity index (χ0) is 18.0. The van der Waals surface area contributed by atoms with E-state index in [1.54, 1.807) is 21.2 Å². The Balaban J connectivity index is 1.83. The highest BCUT2D eigenvalue weighted by Gasteiger charge is 2.23. The summed E-state index contributed by atoms with van der Waals surface area (Å²) in [5.74, 6) is 0.309. The number of carbonyl (C=O) groups excluding carboxylic acids is 1. The molecule has 136 valence electrons. The second-order valence-electron chi connectivity index (χ2n) is 6.00. The van der Waals surface area contributed by atoms with Crippen LogP contribution in [-0.4, -0.2) is 77.0 Å². The van der Waals surface area contributed by atoms with Gasteiger partial charge in [-0.1, -0.05) is 23.1 Å². The minimum atomic E-state index is -0.107. The van der Waals surface area contributed by atoms with Crippen LogP contribution in [0.3, 0.4) is 0 Å². The molecule has 1 amide bonds. The summed E-state index contributed by atoms with van der Waals surface area (Å²) in [6.45, 7) is 2.88. The van der Waals surface area contributed by atoms with Gasteiger partial charge in [-0.15, -0.1) is 5.10 Å². The van der Waals surface area contributed by atoms with Crippen LogP contribution < -0.4 is 5.56 Å². The summed E-state index contributed by atoms with van der Waals surface area (Å²) in [4.78, 5) is 33.4. The van der Waals surface area contributed by atoms with E-state index in [1.165, 1.54) is 32.5 Å². The van der Waals surface area contributed by atoms with E-state index in [2.05, 4.69) is 15.0 Å². The van der Waals surface area contributed by atoms with Crippen molar-refractivity contribution in [3.63, 3.8) is 0 Å². The quantitative estimate of drug-likeness (QED) is 0.665. The number of thioether (sulfide) groups is 1. The molecule has 10 heteroatoms. The van der Waals surface area contributed by atoms with Gasteiger partial charge in [-0.25, -0.2) is 4.98 Å². The van der Waals surface area contributed by atoms with E-state index in [-0.39, 0.29) is 11.5 Å².